The van der Waals surface area contributed by atoms with Crippen molar-refractivity contribution in [2.75, 3.05) is 52.4 Å². The molecule has 1 amide bonds. The first-order valence-electron chi connectivity index (χ1n) is 14.1. The molecule has 0 radical (unpaired) electrons. The monoisotopic (exact) mass is 570 g/mol. The minimum atomic E-state index is -0.177. The third-order valence-electron chi connectivity index (χ3n) is 7.37. The molecule has 2 aromatic carbocycles. The molecular weight excluding hydrogens is 536 g/mol. The Hall–Kier alpha value is -4.77. The molecule has 0 spiro atoms. The molecule has 11 heteroatoms. The van der Waals surface area contributed by atoms with E-state index in [2.05, 4.69) is 10.3 Å². The van der Waals surface area contributed by atoms with E-state index in [9.17, 15) is 9.59 Å². The number of anilines is 1. The summed E-state index contributed by atoms with van der Waals surface area (Å²) in [5.74, 6) is 3.16. The van der Waals surface area contributed by atoms with Crippen molar-refractivity contribution >= 4 is 22.8 Å². The highest BCUT2D eigenvalue weighted by atomic mass is 16.7. The van der Waals surface area contributed by atoms with E-state index >= 15 is 0 Å². The van der Waals surface area contributed by atoms with Crippen LogP contribution in [0.25, 0.3) is 16.7 Å². The van der Waals surface area contributed by atoms with Gasteiger partial charge in [-0.25, -0.2) is 9.78 Å². The van der Waals surface area contributed by atoms with E-state index in [4.69, 9.17) is 14.2 Å². The van der Waals surface area contributed by atoms with Gasteiger partial charge < -0.3 is 29.3 Å². The second-order valence-corrected chi connectivity index (χ2v) is 10.5. The molecule has 218 valence electrons. The summed E-state index contributed by atoms with van der Waals surface area (Å²) in [6, 6.07) is 14.5. The Labute approximate surface area is 243 Å². The van der Waals surface area contributed by atoms with Crippen LogP contribution in [0, 0.1) is 0 Å². The molecule has 1 unspecified atom stereocenters. The van der Waals surface area contributed by atoms with Gasteiger partial charge in [0.05, 0.1) is 17.2 Å². The van der Waals surface area contributed by atoms with Crippen molar-refractivity contribution in [3.8, 4) is 28.7 Å². The van der Waals surface area contributed by atoms with E-state index in [0.29, 0.717) is 72.6 Å². The highest BCUT2D eigenvalue weighted by Crippen LogP contribution is 2.37. The van der Waals surface area contributed by atoms with Crippen LogP contribution < -0.4 is 25.2 Å². The minimum absolute atomic E-state index is 0.0378. The van der Waals surface area contributed by atoms with Crippen LogP contribution in [0.3, 0.4) is 0 Å². The number of hydrogen-bond donors (Lipinski definition) is 1. The summed E-state index contributed by atoms with van der Waals surface area (Å²) < 4.78 is 20.4. The molecule has 2 aromatic heterocycles. The number of carbonyl (C=O) groups is 1. The fourth-order valence-electron chi connectivity index (χ4n) is 5.42. The van der Waals surface area contributed by atoms with E-state index in [-0.39, 0.29) is 24.4 Å². The molecule has 2 aliphatic heterocycles. The lowest BCUT2D eigenvalue weighted by Crippen LogP contribution is -2.31. The molecule has 1 saturated heterocycles. The fourth-order valence-corrected chi connectivity index (χ4v) is 5.42. The number of aromatic nitrogens is 3. The van der Waals surface area contributed by atoms with Gasteiger partial charge in [0.15, 0.2) is 17.3 Å². The SMILES string of the molecule is CCNc1nccc2c1n(-c1ccc(Oc3ccc4c(c3)OCO4)cc1)c(=O)n2C1CCN(C(=O)/C=C/CN(C)C)C1. The Balaban J connectivity index is 1.31. The predicted molar refractivity (Wildman–Crippen MR) is 160 cm³/mol. The molecule has 0 bridgehead atoms. The molecule has 4 aromatic rings. The normalized spacial score (nSPS) is 16.2. The topological polar surface area (TPSA) is 103 Å². The fraction of sp³-hybridized carbons (Fsp3) is 0.323. The average Bonchev–Trinajstić information content (AvgIpc) is 3.71. The van der Waals surface area contributed by atoms with Gasteiger partial charge in [-0.3, -0.25) is 13.9 Å². The van der Waals surface area contributed by atoms with Gasteiger partial charge in [-0.1, -0.05) is 6.08 Å². The van der Waals surface area contributed by atoms with Crippen LogP contribution in [0.2, 0.25) is 0 Å². The lowest BCUT2D eigenvalue weighted by atomic mass is 10.2. The van der Waals surface area contributed by atoms with Crippen molar-refractivity contribution in [3.05, 3.63) is 77.4 Å². The summed E-state index contributed by atoms with van der Waals surface area (Å²) in [4.78, 5) is 35.3. The summed E-state index contributed by atoms with van der Waals surface area (Å²) in [5, 5.41) is 3.31. The first kappa shape index (κ1) is 27.4. The van der Waals surface area contributed by atoms with Crippen LogP contribution in [-0.2, 0) is 4.79 Å². The quantitative estimate of drug-likeness (QED) is 0.301. The predicted octanol–water partition coefficient (Wildman–Crippen LogP) is 4.03. The summed E-state index contributed by atoms with van der Waals surface area (Å²) in [6.45, 7) is 4.59. The number of benzene rings is 2. The Morgan fingerprint density at radius 2 is 1.90 bits per heavy atom. The van der Waals surface area contributed by atoms with Gasteiger partial charge in [-0.2, -0.15) is 0 Å². The smallest absolute Gasteiger partial charge is 0.334 e. The standard InChI is InChI=1S/C31H34N6O5/c1-4-32-30-29-25(13-15-33-30)36(22-14-17-35(19-22)28(38)6-5-16-34(2)3)31(39)37(29)21-7-9-23(10-8-21)42-24-11-12-26-27(18-24)41-20-40-26/h5-13,15,18,22H,4,14,16-17,19-20H2,1-3H3,(H,32,33)/b6-5+. The maximum absolute atomic E-state index is 14.1. The number of carbonyl (C=O) groups excluding carboxylic acids is 1. The average molecular weight is 571 g/mol. The first-order valence-corrected chi connectivity index (χ1v) is 14.1. The number of nitrogens with one attached hydrogen (secondary N) is 1. The molecule has 11 nitrogen and oxygen atoms in total. The van der Waals surface area contributed by atoms with Crippen LogP contribution in [0.4, 0.5) is 5.82 Å². The molecule has 4 heterocycles. The highest BCUT2D eigenvalue weighted by Gasteiger charge is 2.31. The number of ether oxygens (including phenoxy) is 3. The number of pyridine rings is 1. The molecular formula is C31H34N6O5. The maximum Gasteiger partial charge on any atom is 0.334 e. The van der Waals surface area contributed by atoms with Gasteiger partial charge in [-0.05, 0) is 69.9 Å². The van der Waals surface area contributed by atoms with E-state index in [1.807, 2.05) is 79.0 Å². The van der Waals surface area contributed by atoms with Crippen LogP contribution in [0.15, 0.2) is 71.7 Å². The van der Waals surface area contributed by atoms with E-state index < -0.39 is 0 Å². The second-order valence-electron chi connectivity index (χ2n) is 10.5. The summed E-state index contributed by atoms with van der Waals surface area (Å²) in [5.41, 5.74) is 1.98. The van der Waals surface area contributed by atoms with Crippen LogP contribution in [0.5, 0.6) is 23.0 Å². The number of hydrogen-bond acceptors (Lipinski definition) is 8. The van der Waals surface area contributed by atoms with E-state index in [1.54, 1.807) is 27.8 Å². The zero-order chi connectivity index (χ0) is 29.2. The van der Waals surface area contributed by atoms with Gasteiger partial charge in [0, 0.05) is 44.5 Å². The molecule has 6 rings (SSSR count). The van der Waals surface area contributed by atoms with Gasteiger partial charge in [0.2, 0.25) is 12.7 Å². The van der Waals surface area contributed by atoms with Gasteiger partial charge in [0.25, 0.3) is 0 Å². The first-order chi connectivity index (χ1) is 20.4. The zero-order valence-corrected chi connectivity index (χ0v) is 23.9. The third-order valence-corrected chi connectivity index (χ3v) is 7.37. The Morgan fingerprint density at radius 1 is 1.12 bits per heavy atom. The highest BCUT2D eigenvalue weighted by molar-refractivity contribution is 5.89. The number of likely N-dealkylation sites (tertiary alicyclic amines) is 1. The Bertz CT molecular complexity index is 1690. The molecule has 2 aliphatic rings. The summed E-state index contributed by atoms with van der Waals surface area (Å²) in [7, 11) is 3.92. The summed E-state index contributed by atoms with van der Waals surface area (Å²) in [6.07, 6.45) is 5.88. The lowest BCUT2D eigenvalue weighted by Gasteiger charge is -2.15. The number of likely N-dealkylation sites (N-methyl/N-ethyl adjacent to an activating group) is 1. The Kier molecular flexibility index (Phi) is 7.58. The van der Waals surface area contributed by atoms with Gasteiger partial charge in [-0.15, -0.1) is 0 Å². The largest absolute Gasteiger partial charge is 0.457 e. The molecule has 1 fully saturated rings. The van der Waals surface area contributed by atoms with Crippen molar-refractivity contribution in [3.63, 3.8) is 0 Å². The van der Waals surface area contributed by atoms with Gasteiger partial charge >= 0.3 is 5.69 Å². The molecule has 1 atom stereocenters. The summed E-state index contributed by atoms with van der Waals surface area (Å²) >= 11 is 0. The maximum atomic E-state index is 14.1. The Morgan fingerprint density at radius 3 is 2.69 bits per heavy atom. The molecule has 0 saturated carbocycles. The number of imidazole rings is 1. The number of rotatable bonds is 9. The molecule has 0 aliphatic carbocycles. The number of nitrogens with zero attached hydrogens (tertiary/aromatic N) is 5. The van der Waals surface area contributed by atoms with E-state index in [0.717, 1.165) is 5.52 Å². The third kappa shape index (κ3) is 5.30. The molecule has 1 N–H and O–H groups in total. The number of fused-ring (bicyclic) bond motifs is 2. The van der Waals surface area contributed by atoms with E-state index in [1.165, 1.54) is 0 Å². The van der Waals surface area contributed by atoms with Crippen LogP contribution >= 0.6 is 0 Å². The van der Waals surface area contributed by atoms with Crippen molar-refractivity contribution in [1.82, 2.24) is 23.9 Å². The number of amides is 1. The van der Waals surface area contributed by atoms with Crippen LogP contribution in [0.1, 0.15) is 19.4 Å². The van der Waals surface area contributed by atoms with Gasteiger partial charge in [0.1, 0.15) is 17.0 Å². The van der Waals surface area contributed by atoms with Crippen LogP contribution in [-0.4, -0.2) is 76.9 Å². The zero-order valence-electron chi connectivity index (χ0n) is 23.9. The lowest BCUT2D eigenvalue weighted by molar-refractivity contribution is -0.125. The van der Waals surface area contributed by atoms with Crippen molar-refractivity contribution < 1.29 is 19.0 Å². The van der Waals surface area contributed by atoms with Crippen molar-refractivity contribution in [2.24, 2.45) is 0 Å². The molecule has 42 heavy (non-hydrogen) atoms. The van der Waals surface area contributed by atoms with Crippen molar-refractivity contribution in [2.45, 2.75) is 19.4 Å². The van der Waals surface area contributed by atoms with Crippen molar-refractivity contribution in [1.29, 1.82) is 0 Å². The minimum Gasteiger partial charge on any atom is -0.457 e. The second kappa shape index (κ2) is 11.6.